The Balaban J connectivity index is 0.000000442. The molecule has 176 valence electrons. The molecule has 33 heavy (non-hydrogen) atoms. The lowest BCUT2D eigenvalue weighted by Crippen LogP contribution is -2.34. The molecule has 0 radical (unpaired) electrons. The third-order valence-corrected chi connectivity index (χ3v) is 5.16. The Kier molecular flexibility index (Phi) is 9.05. The summed E-state index contributed by atoms with van der Waals surface area (Å²) >= 11 is 0. The monoisotopic (exact) mass is 453 g/mol. The van der Waals surface area contributed by atoms with Crippen LogP contribution in [0.3, 0.4) is 0 Å². The number of pyridine rings is 1. The Morgan fingerprint density at radius 1 is 1.06 bits per heavy atom. The maximum absolute atomic E-state index is 12.0. The van der Waals surface area contributed by atoms with Gasteiger partial charge in [-0.25, -0.2) is 4.98 Å². The van der Waals surface area contributed by atoms with E-state index in [1.54, 1.807) is 29.1 Å². The molecule has 3 heterocycles. The molecule has 3 aromatic rings. The van der Waals surface area contributed by atoms with Gasteiger partial charge in [0.25, 0.3) is 5.91 Å². The van der Waals surface area contributed by atoms with Crippen LogP contribution in [0.4, 0.5) is 0 Å². The molecule has 2 amide bonds. The van der Waals surface area contributed by atoms with Gasteiger partial charge in [-0.2, -0.15) is 5.10 Å². The molecular formula is C24H31N5O4. The van der Waals surface area contributed by atoms with Gasteiger partial charge in [-0.15, -0.1) is 0 Å². The van der Waals surface area contributed by atoms with Gasteiger partial charge in [0, 0.05) is 20.3 Å². The van der Waals surface area contributed by atoms with Gasteiger partial charge in [-0.3, -0.25) is 14.3 Å². The molecule has 0 saturated heterocycles. The quantitative estimate of drug-likeness (QED) is 0.567. The van der Waals surface area contributed by atoms with E-state index in [-0.39, 0.29) is 18.2 Å². The molecule has 2 N–H and O–H groups in total. The average molecular weight is 454 g/mol. The molecule has 9 heteroatoms. The fraction of sp³-hybridized carbons (Fsp3) is 0.417. The third kappa shape index (κ3) is 7.78. The fourth-order valence-corrected chi connectivity index (χ4v) is 3.30. The smallest absolute Gasteiger partial charge is 0.287 e. The molecule has 0 spiro atoms. The number of rotatable bonds is 7. The number of hydrogen-bond acceptors (Lipinski definition) is 6. The first-order valence-corrected chi connectivity index (χ1v) is 11.2. The summed E-state index contributed by atoms with van der Waals surface area (Å²) in [7, 11) is 3.34. The second-order valence-electron chi connectivity index (χ2n) is 7.79. The van der Waals surface area contributed by atoms with Gasteiger partial charge in [0.15, 0.2) is 11.5 Å². The van der Waals surface area contributed by atoms with E-state index in [0.717, 1.165) is 5.69 Å². The Hall–Kier alpha value is -3.62. The van der Waals surface area contributed by atoms with Gasteiger partial charge in [0.2, 0.25) is 5.91 Å². The highest BCUT2D eigenvalue weighted by molar-refractivity contribution is 5.94. The van der Waals surface area contributed by atoms with Crippen molar-refractivity contribution >= 4 is 11.8 Å². The number of likely N-dealkylation sites (N-methyl/N-ethyl adjacent to an activating group) is 1. The minimum absolute atomic E-state index is 0.103. The Morgan fingerprint density at radius 2 is 1.79 bits per heavy atom. The van der Waals surface area contributed by atoms with E-state index in [4.69, 9.17) is 9.15 Å². The van der Waals surface area contributed by atoms with Gasteiger partial charge >= 0.3 is 0 Å². The minimum Gasteiger partial charge on any atom is -0.486 e. The zero-order chi connectivity index (χ0) is 23.5. The minimum atomic E-state index is -0.472. The molecule has 1 saturated carbocycles. The molecule has 1 fully saturated rings. The highest BCUT2D eigenvalue weighted by atomic mass is 16.5. The van der Waals surface area contributed by atoms with E-state index >= 15 is 0 Å². The highest BCUT2D eigenvalue weighted by Crippen LogP contribution is 2.22. The summed E-state index contributed by atoms with van der Waals surface area (Å²) in [5, 5.41) is 9.12. The van der Waals surface area contributed by atoms with E-state index in [0.29, 0.717) is 23.8 Å². The van der Waals surface area contributed by atoms with Crippen molar-refractivity contribution < 1.29 is 18.7 Å². The topological polar surface area (TPSA) is 111 Å². The van der Waals surface area contributed by atoms with Gasteiger partial charge < -0.3 is 19.8 Å². The maximum atomic E-state index is 12.0. The van der Waals surface area contributed by atoms with Crippen LogP contribution in [0.1, 0.15) is 54.8 Å². The van der Waals surface area contributed by atoms with Crippen LogP contribution in [0.2, 0.25) is 0 Å². The van der Waals surface area contributed by atoms with Crippen molar-refractivity contribution in [3.05, 3.63) is 54.2 Å². The van der Waals surface area contributed by atoms with E-state index in [1.165, 1.54) is 51.6 Å². The molecule has 1 aliphatic rings. The van der Waals surface area contributed by atoms with Crippen molar-refractivity contribution in [3.8, 4) is 17.2 Å². The van der Waals surface area contributed by atoms with Crippen LogP contribution >= 0.6 is 0 Å². The second kappa shape index (κ2) is 12.4. The number of amides is 2. The highest BCUT2D eigenvalue weighted by Gasteiger charge is 2.14. The van der Waals surface area contributed by atoms with Crippen molar-refractivity contribution in [3.63, 3.8) is 0 Å². The number of ether oxygens (including phenoxy) is 1. The first kappa shape index (κ1) is 24.0. The molecule has 0 unspecified atom stereocenters. The van der Waals surface area contributed by atoms with Gasteiger partial charge in [-0.05, 0) is 30.3 Å². The normalized spacial score (nSPS) is 12.9. The predicted molar refractivity (Wildman–Crippen MR) is 124 cm³/mol. The number of aryl methyl sites for hydroxylation is 1. The lowest BCUT2D eigenvalue weighted by atomic mass is 10.0. The third-order valence-electron chi connectivity index (χ3n) is 5.16. The van der Waals surface area contributed by atoms with Crippen LogP contribution in [0.25, 0.3) is 11.5 Å². The zero-order valence-corrected chi connectivity index (χ0v) is 19.2. The van der Waals surface area contributed by atoms with E-state index in [2.05, 4.69) is 20.7 Å². The maximum Gasteiger partial charge on any atom is 0.287 e. The number of aromatic nitrogens is 3. The number of furan rings is 1. The van der Waals surface area contributed by atoms with Crippen LogP contribution in [-0.2, 0) is 18.4 Å². The summed E-state index contributed by atoms with van der Waals surface area (Å²) in [6, 6.07) is 8.55. The summed E-state index contributed by atoms with van der Waals surface area (Å²) in [5.41, 5.74) is 1.38. The number of carbonyl (C=O) groups excluding carboxylic acids is 2. The van der Waals surface area contributed by atoms with Gasteiger partial charge in [0.1, 0.15) is 18.1 Å². The molecule has 0 atom stereocenters. The number of nitrogens with one attached hydrogen (secondary N) is 2. The van der Waals surface area contributed by atoms with Gasteiger partial charge in [0.05, 0.1) is 18.4 Å². The van der Waals surface area contributed by atoms with E-state index < -0.39 is 5.91 Å². The first-order chi connectivity index (χ1) is 16.0. The fourth-order valence-electron chi connectivity index (χ4n) is 3.30. The van der Waals surface area contributed by atoms with Crippen molar-refractivity contribution in [1.29, 1.82) is 0 Å². The van der Waals surface area contributed by atoms with Crippen LogP contribution < -0.4 is 15.4 Å². The lowest BCUT2D eigenvalue weighted by molar-refractivity contribution is -0.119. The summed E-state index contributed by atoms with van der Waals surface area (Å²) in [5.74, 6) is 0.375. The van der Waals surface area contributed by atoms with Crippen molar-refractivity contribution in [2.75, 3.05) is 13.6 Å². The first-order valence-electron chi connectivity index (χ1n) is 11.2. The van der Waals surface area contributed by atoms with Crippen LogP contribution in [0.15, 0.2) is 47.1 Å². The summed E-state index contributed by atoms with van der Waals surface area (Å²) < 4.78 is 12.9. The van der Waals surface area contributed by atoms with Crippen LogP contribution in [-0.4, -0.2) is 40.2 Å². The molecule has 9 nitrogen and oxygen atoms in total. The summed E-state index contributed by atoms with van der Waals surface area (Å²) in [6.45, 7) is 0.226. The number of carbonyl (C=O) groups is 2. The average Bonchev–Trinajstić information content (AvgIpc) is 3.52. The molecule has 0 aromatic carbocycles. The number of nitrogens with zero attached hydrogens (tertiary/aromatic N) is 3. The van der Waals surface area contributed by atoms with Crippen molar-refractivity contribution in [2.24, 2.45) is 7.05 Å². The predicted octanol–water partition coefficient (Wildman–Crippen LogP) is 3.47. The Labute approximate surface area is 193 Å². The summed E-state index contributed by atoms with van der Waals surface area (Å²) in [4.78, 5) is 27.4. The Morgan fingerprint density at radius 3 is 2.36 bits per heavy atom. The molecule has 0 aliphatic heterocycles. The second-order valence-corrected chi connectivity index (χ2v) is 7.79. The lowest BCUT2D eigenvalue weighted by Gasteiger charge is -2.05. The molecule has 3 aromatic heterocycles. The van der Waals surface area contributed by atoms with Crippen molar-refractivity contribution in [2.45, 2.75) is 45.1 Å². The SMILES string of the molecule is C1CCCCC1.CNC(=O)CNC(=O)c1ccc(-c2ccc(OCc3ccn(C)n3)cn2)o1. The van der Waals surface area contributed by atoms with Crippen LogP contribution in [0.5, 0.6) is 5.75 Å². The Bertz CT molecular complexity index is 1010. The van der Waals surface area contributed by atoms with Gasteiger partial charge in [-0.1, -0.05) is 38.5 Å². The molecule has 0 bridgehead atoms. The standard InChI is InChI=1S/C18H19N5O4.C6H12/c1-19-17(24)10-21-18(25)16-6-5-15(27-16)14-4-3-13(9-20-14)26-11-12-7-8-23(2)22-12;1-2-4-6-5-3-1/h3-9H,10-11H2,1-2H3,(H,19,24)(H,21,25);1-6H2. The number of hydrogen-bond donors (Lipinski definition) is 2. The molecular weight excluding hydrogens is 422 g/mol. The largest absolute Gasteiger partial charge is 0.486 e. The van der Waals surface area contributed by atoms with E-state index in [1.807, 2.05) is 19.3 Å². The van der Waals surface area contributed by atoms with Crippen LogP contribution in [0, 0.1) is 0 Å². The van der Waals surface area contributed by atoms with E-state index in [9.17, 15) is 9.59 Å². The van der Waals surface area contributed by atoms with Crippen molar-refractivity contribution in [1.82, 2.24) is 25.4 Å². The molecule has 4 rings (SSSR count). The molecule has 1 aliphatic carbocycles. The summed E-state index contributed by atoms with van der Waals surface area (Å²) in [6.07, 6.45) is 12.4. The zero-order valence-electron chi connectivity index (χ0n) is 19.2.